The number of aromatic nitrogens is 2. The lowest BCUT2D eigenvalue weighted by Gasteiger charge is -2.11. The number of hydrogen-bond acceptors (Lipinski definition) is 5. The summed E-state index contributed by atoms with van der Waals surface area (Å²) < 4.78 is 38.6. The van der Waals surface area contributed by atoms with Gasteiger partial charge in [-0.1, -0.05) is 0 Å². The number of rotatable bonds is 5. The van der Waals surface area contributed by atoms with E-state index in [1.165, 1.54) is 6.07 Å². The molecule has 0 bridgehead atoms. The molecule has 3 aromatic rings. The second-order valence-electron chi connectivity index (χ2n) is 5.29. The molecule has 2 heterocycles. The van der Waals surface area contributed by atoms with E-state index in [1.807, 2.05) is 0 Å². The summed E-state index contributed by atoms with van der Waals surface area (Å²) >= 11 is 0. The van der Waals surface area contributed by atoms with Crippen LogP contribution in [0.15, 0.2) is 45.8 Å². The Morgan fingerprint density at radius 3 is 2.62 bits per heavy atom. The Hall–Kier alpha value is -2.74. The number of furan rings is 1. The highest BCUT2D eigenvalue weighted by atomic mass is 32.2. The summed E-state index contributed by atoms with van der Waals surface area (Å²) in [6.45, 7) is 3.41. The second kappa shape index (κ2) is 6.04. The van der Waals surface area contributed by atoms with Crippen molar-refractivity contribution in [1.82, 2.24) is 10.2 Å². The van der Waals surface area contributed by atoms with Gasteiger partial charge in [0.2, 0.25) is 0 Å². The average molecular weight is 347 g/mol. The maximum atomic E-state index is 12.7. The predicted octanol–water partition coefficient (Wildman–Crippen LogP) is 3.10. The van der Waals surface area contributed by atoms with Gasteiger partial charge in [-0.15, -0.1) is 0 Å². The van der Waals surface area contributed by atoms with E-state index in [0.717, 1.165) is 5.56 Å². The summed E-state index contributed by atoms with van der Waals surface area (Å²) in [6, 6.07) is 8.30. The van der Waals surface area contributed by atoms with E-state index in [1.54, 1.807) is 51.4 Å². The van der Waals surface area contributed by atoms with Gasteiger partial charge in [0.05, 0.1) is 12.8 Å². The van der Waals surface area contributed by atoms with Gasteiger partial charge in [0.1, 0.15) is 22.1 Å². The number of sulfonamides is 1. The number of aromatic amines is 1. The summed E-state index contributed by atoms with van der Waals surface area (Å²) in [5.74, 6) is 1.38. The van der Waals surface area contributed by atoms with Crippen LogP contribution in [0.3, 0.4) is 0 Å². The molecule has 0 aliphatic carbocycles. The lowest BCUT2D eigenvalue weighted by Crippen LogP contribution is -2.14. The molecule has 8 heteroatoms. The molecule has 24 heavy (non-hydrogen) atoms. The van der Waals surface area contributed by atoms with Crippen LogP contribution in [0.2, 0.25) is 0 Å². The van der Waals surface area contributed by atoms with E-state index >= 15 is 0 Å². The van der Waals surface area contributed by atoms with Crippen molar-refractivity contribution in [2.45, 2.75) is 18.7 Å². The first kappa shape index (κ1) is 16.1. The van der Waals surface area contributed by atoms with Gasteiger partial charge < -0.3 is 9.15 Å². The Kier molecular flexibility index (Phi) is 4.06. The van der Waals surface area contributed by atoms with Crippen LogP contribution in [-0.4, -0.2) is 25.7 Å². The van der Waals surface area contributed by atoms with E-state index in [0.29, 0.717) is 28.7 Å². The minimum atomic E-state index is -3.78. The zero-order valence-electron chi connectivity index (χ0n) is 13.5. The number of nitrogens with zero attached hydrogens (tertiary/aromatic N) is 1. The molecule has 0 saturated heterocycles. The average Bonchev–Trinajstić information content (AvgIpc) is 3.18. The van der Waals surface area contributed by atoms with Crippen molar-refractivity contribution in [3.05, 3.63) is 47.9 Å². The standard InChI is InChI=1S/C16H17N3O4S/c1-10-8-12(22-3)4-5-13(10)19-24(20,21)16-9-15(23-11(16)2)14-6-7-17-18-14/h4-9,19H,1-3H3,(H,17,18). The number of anilines is 1. The lowest BCUT2D eigenvalue weighted by atomic mass is 10.2. The Bertz CT molecular complexity index is 959. The van der Waals surface area contributed by atoms with Crippen LogP contribution in [0.5, 0.6) is 5.75 Å². The fourth-order valence-corrected chi connectivity index (χ4v) is 3.65. The summed E-state index contributed by atoms with van der Waals surface area (Å²) in [5.41, 5.74) is 1.85. The van der Waals surface area contributed by atoms with Crippen molar-refractivity contribution in [2.75, 3.05) is 11.8 Å². The molecule has 7 nitrogen and oxygen atoms in total. The fourth-order valence-electron chi connectivity index (χ4n) is 2.34. The lowest BCUT2D eigenvalue weighted by molar-refractivity contribution is 0.414. The zero-order valence-corrected chi connectivity index (χ0v) is 14.3. The van der Waals surface area contributed by atoms with Crippen molar-refractivity contribution in [1.29, 1.82) is 0 Å². The summed E-state index contributed by atoms with van der Waals surface area (Å²) in [4.78, 5) is 0.0855. The quantitative estimate of drug-likeness (QED) is 0.739. The number of hydrogen-bond donors (Lipinski definition) is 2. The SMILES string of the molecule is COc1ccc(NS(=O)(=O)c2cc(-c3ccn[nH]3)oc2C)c(C)c1. The summed E-state index contributed by atoms with van der Waals surface area (Å²) in [5, 5.41) is 6.58. The third-order valence-corrected chi connectivity index (χ3v) is 5.08. The third-order valence-electron chi connectivity index (χ3n) is 3.61. The van der Waals surface area contributed by atoms with Crippen LogP contribution in [0.4, 0.5) is 5.69 Å². The van der Waals surface area contributed by atoms with Crippen LogP contribution in [-0.2, 0) is 10.0 Å². The number of aryl methyl sites for hydroxylation is 2. The molecular formula is C16H17N3O4S. The van der Waals surface area contributed by atoms with Gasteiger partial charge in [-0.05, 0) is 43.7 Å². The molecule has 0 spiro atoms. The van der Waals surface area contributed by atoms with Gasteiger partial charge in [-0.3, -0.25) is 9.82 Å². The molecule has 0 aliphatic rings. The predicted molar refractivity (Wildman–Crippen MR) is 89.6 cm³/mol. The van der Waals surface area contributed by atoms with E-state index < -0.39 is 10.0 Å². The molecule has 126 valence electrons. The van der Waals surface area contributed by atoms with E-state index in [-0.39, 0.29) is 4.90 Å². The second-order valence-corrected chi connectivity index (χ2v) is 6.94. The Morgan fingerprint density at radius 2 is 2.00 bits per heavy atom. The molecule has 0 fully saturated rings. The van der Waals surface area contributed by atoms with Crippen molar-refractivity contribution in [2.24, 2.45) is 0 Å². The van der Waals surface area contributed by atoms with E-state index in [2.05, 4.69) is 14.9 Å². The molecule has 0 radical (unpaired) electrons. The highest BCUT2D eigenvalue weighted by Crippen LogP contribution is 2.29. The number of methoxy groups -OCH3 is 1. The Balaban J connectivity index is 1.94. The molecule has 0 amide bonds. The molecule has 0 unspecified atom stereocenters. The Labute approximate surface area is 139 Å². The van der Waals surface area contributed by atoms with E-state index in [4.69, 9.17) is 9.15 Å². The number of benzene rings is 1. The van der Waals surface area contributed by atoms with Crippen molar-refractivity contribution in [3.8, 4) is 17.2 Å². The van der Waals surface area contributed by atoms with Gasteiger partial charge in [0.25, 0.3) is 10.0 Å². The highest BCUT2D eigenvalue weighted by molar-refractivity contribution is 7.92. The molecule has 2 N–H and O–H groups in total. The van der Waals surface area contributed by atoms with Gasteiger partial charge in [0.15, 0.2) is 5.76 Å². The molecule has 1 aromatic carbocycles. The number of H-pyrrole nitrogens is 1. The van der Waals surface area contributed by atoms with Gasteiger partial charge in [0, 0.05) is 12.3 Å². The smallest absolute Gasteiger partial charge is 0.265 e. The molecular weight excluding hydrogens is 330 g/mol. The van der Waals surface area contributed by atoms with Crippen molar-refractivity contribution >= 4 is 15.7 Å². The topological polar surface area (TPSA) is 97.2 Å². The van der Waals surface area contributed by atoms with Crippen LogP contribution < -0.4 is 9.46 Å². The first-order valence-electron chi connectivity index (χ1n) is 7.18. The third kappa shape index (κ3) is 3.00. The zero-order chi connectivity index (χ0) is 17.3. The monoisotopic (exact) mass is 347 g/mol. The minimum Gasteiger partial charge on any atom is -0.497 e. The largest absolute Gasteiger partial charge is 0.497 e. The van der Waals surface area contributed by atoms with Crippen LogP contribution in [0.1, 0.15) is 11.3 Å². The molecule has 0 atom stereocenters. The highest BCUT2D eigenvalue weighted by Gasteiger charge is 2.23. The molecule has 0 aliphatic heterocycles. The van der Waals surface area contributed by atoms with Gasteiger partial charge in [-0.25, -0.2) is 8.42 Å². The van der Waals surface area contributed by atoms with E-state index in [9.17, 15) is 8.42 Å². The Morgan fingerprint density at radius 1 is 1.21 bits per heavy atom. The minimum absolute atomic E-state index is 0.0855. The number of ether oxygens (including phenoxy) is 1. The molecule has 2 aromatic heterocycles. The van der Waals surface area contributed by atoms with Crippen molar-refractivity contribution < 1.29 is 17.6 Å². The molecule has 0 saturated carbocycles. The van der Waals surface area contributed by atoms with Gasteiger partial charge in [-0.2, -0.15) is 5.10 Å². The summed E-state index contributed by atoms with van der Waals surface area (Å²) in [6.07, 6.45) is 1.57. The summed E-state index contributed by atoms with van der Waals surface area (Å²) in [7, 11) is -2.22. The first-order chi connectivity index (χ1) is 11.4. The maximum Gasteiger partial charge on any atom is 0.265 e. The normalized spacial score (nSPS) is 11.5. The fraction of sp³-hybridized carbons (Fsp3) is 0.188. The number of nitrogens with one attached hydrogen (secondary N) is 2. The van der Waals surface area contributed by atoms with Crippen LogP contribution in [0, 0.1) is 13.8 Å². The van der Waals surface area contributed by atoms with Crippen LogP contribution >= 0.6 is 0 Å². The van der Waals surface area contributed by atoms with Gasteiger partial charge >= 0.3 is 0 Å². The van der Waals surface area contributed by atoms with Crippen molar-refractivity contribution in [3.63, 3.8) is 0 Å². The van der Waals surface area contributed by atoms with Crippen LogP contribution in [0.25, 0.3) is 11.5 Å². The maximum absolute atomic E-state index is 12.7. The molecule has 3 rings (SSSR count). The first-order valence-corrected chi connectivity index (χ1v) is 8.66.